The van der Waals surface area contributed by atoms with Gasteiger partial charge in [0.15, 0.2) is 5.43 Å². The fraction of sp³-hybridized carbons (Fsp3) is 0.0476. The van der Waals surface area contributed by atoms with Crippen LogP contribution in [0.2, 0.25) is 4.34 Å². The molecule has 3 N–H and O–H groups in total. The van der Waals surface area contributed by atoms with Crippen molar-refractivity contribution in [3.05, 3.63) is 75.1 Å². The van der Waals surface area contributed by atoms with Crippen molar-refractivity contribution in [2.45, 2.75) is 4.21 Å². The summed E-state index contributed by atoms with van der Waals surface area (Å²) in [6.45, 7) is 0. The first-order valence-corrected chi connectivity index (χ1v) is 11.9. The maximum Gasteiger partial charge on any atom is 0.333 e. The standard InChI is InChI=1S/C21H15ClFN3O5S2/c1-31-12-3-5-17-14(9-12)20(27)15(10-24-17)13-4-2-11(8-16(13)23)25-21(28)26-33(29,30)19-7-6-18(22)32-19/h2-10H,1H3,(H,24,27)(H2,25,26,28). The van der Waals surface area contributed by atoms with Crippen LogP contribution in [0.5, 0.6) is 5.75 Å². The van der Waals surface area contributed by atoms with Gasteiger partial charge in [0.25, 0.3) is 10.0 Å². The molecule has 2 aromatic heterocycles. The number of sulfonamides is 1. The van der Waals surface area contributed by atoms with Gasteiger partial charge in [-0.1, -0.05) is 11.6 Å². The molecule has 0 fully saturated rings. The zero-order chi connectivity index (χ0) is 23.8. The molecule has 12 heteroatoms. The molecular weight excluding hydrogens is 493 g/mol. The molecule has 0 saturated heterocycles. The van der Waals surface area contributed by atoms with Crippen molar-refractivity contribution in [1.29, 1.82) is 0 Å². The van der Waals surface area contributed by atoms with Gasteiger partial charge < -0.3 is 15.0 Å². The van der Waals surface area contributed by atoms with E-state index >= 15 is 0 Å². The number of fused-ring (bicyclic) bond motifs is 1. The van der Waals surface area contributed by atoms with Gasteiger partial charge in [0.1, 0.15) is 15.8 Å². The topological polar surface area (TPSA) is 117 Å². The smallest absolute Gasteiger partial charge is 0.333 e. The van der Waals surface area contributed by atoms with Crippen LogP contribution < -0.4 is 20.2 Å². The molecule has 0 radical (unpaired) electrons. The Kier molecular flexibility index (Phi) is 6.11. The van der Waals surface area contributed by atoms with E-state index in [0.29, 0.717) is 16.7 Å². The number of ether oxygens (including phenoxy) is 1. The molecule has 0 aliphatic carbocycles. The lowest BCUT2D eigenvalue weighted by atomic mass is 10.0. The maximum atomic E-state index is 14.8. The van der Waals surface area contributed by atoms with E-state index in [1.54, 1.807) is 18.2 Å². The van der Waals surface area contributed by atoms with Crippen LogP contribution in [-0.2, 0) is 10.0 Å². The summed E-state index contributed by atoms with van der Waals surface area (Å²) in [6, 6.07) is 10.1. The number of nitrogens with one attached hydrogen (secondary N) is 3. The zero-order valence-electron chi connectivity index (χ0n) is 16.8. The summed E-state index contributed by atoms with van der Waals surface area (Å²) < 4.78 is 46.3. The second kappa shape index (κ2) is 8.85. The van der Waals surface area contributed by atoms with E-state index in [-0.39, 0.29) is 25.4 Å². The van der Waals surface area contributed by atoms with Crippen LogP contribution >= 0.6 is 22.9 Å². The first-order chi connectivity index (χ1) is 15.7. The van der Waals surface area contributed by atoms with Crippen molar-refractivity contribution < 1.29 is 22.3 Å². The highest BCUT2D eigenvalue weighted by Gasteiger charge is 2.20. The Morgan fingerprint density at radius 2 is 1.91 bits per heavy atom. The number of H-pyrrole nitrogens is 1. The molecule has 2 aromatic carbocycles. The Morgan fingerprint density at radius 3 is 2.58 bits per heavy atom. The second-order valence-electron chi connectivity index (χ2n) is 6.76. The average molecular weight is 508 g/mol. The summed E-state index contributed by atoms with van der Waals surface area (Å²) in [6.07, 6.45) is 1.40. The molecule has 0 atom stereocenters. The number of aromatic nitrogens is 1. The molecule has 4 aromatic rings. The highest BCUT2D eigenvalue weighted by Crippen LogP contribution is 2.27. The molecule has 33 heavy (non-hydrogen) atoms. The number of benzene rings is 2. The van der Waals surface area contributed by atoms with Gasteiger partial charge in [0.05, 0.1) is 11.4 Å². The fourth-order valence-corrected chi connectivity index (χ4v) is 5.50. The lowest BCUT2D eigenvalue weighted by Gasteiger charge is -2.10. The number of carbonyl (C=O) groups excluding carboxylic acids is 1. The van der Waals surface area contributed by atoms with E-state index in [0.717, 1.165) is 17.4 Å². The van der Waals surface area contributed by atoms with E-state index in [1.807, 2.05) is 4.72 Å². The molecule has 0 unspecified atom stereocenters. The molecule has 0 bridgehead atoms. The molecule has 2 heterocycles. The van der Waals surface area contributed by atoms with E-state index in [4.69, 9.17) is 16.3 Å². The highest BCUT2D eigenvalue weighted by atomic mass is 35.5. The number of amides is 2. The zero-order valence-corrected chi connectivity index (χ0v) is 19.2. The molecule has 0 saturated carbocycles. The summed E-state index contributed by atoms with van der Waals surface area (Å²) in [7, 11) is -2.66. The normalized spacial score (nSPS) is 11.4. The van der Waals surface area contributed by atoms with Crippen molar-refractivity contribution >= 4 is 55.6 Å². The third-order valence-electron chi connectivity index (χ3n) is 4.65. The number of methoxy groups -OCH3 is 1. The van der Waals surface area contributed by atoms with Crippen LogP contribution in [-0.4, -0.2) is 26.5 Å². The fourth-order valence-electron chi connectivity index (χ4n) is 3.11. The highest BCUT2D eigenvalue weighted by molar-refractivity contribution is 7.92. The lowest BCUT2D eigenvalue weighted by Crippen LogP contribution is -2.33. The number of hydrogen-bond acceptors (Lipinski definition) is 6. The SMILES string of the molecule is COc1ccc2[nH]cc(-c3ccc(NC(=O)NS(=O)(=O)c4ccc(Cl)s4)cc3F)c(=O)c2c1. The molecule has 0 aliphatic rings. The molecule has 170 valence electrons. The third kappa shape index (κ3) is 4.70. The van der Waals surface area contributed by atoms with Gasteiger partial charge in [-0.3, -0.25) is 4.79 Å². The summed E-state index contributed by atoms with van der Waals surface area (Å²) in [4.78, 5) is 28.0. The van der Waals surface area contributed by atoms with Gasteiger partial charge in [-0.05, 0) is 48.5 Å². The van der Waals surface area contributed by atoms with E-state index in [9.17, 15) is 22.4 Å². The van der Waals surface area contributed by atoms with Gasteiger partial charge in [-0.25, -0.2) is 22.3 Å². The second-order valence-corrected chi connectivity index (χ2v) is 10.4. The predicted octanol–water partition coefficient (Wildman–Crippen LogP) is 4.57. The monoisotopic (exact) mass is 507 g/mol. The van der Waals surface area contributed by atoms with Gasteiger partial charge in [0, 0.05) is 33.9 Å². The van der Waals surface area contributed by atoms with Crippen LogP contribution in [0.4, 0.5) is 14.9 Å². The van der Waals surface area contributed by atoms with Gasteiger partial charge in [0.2, 0.25) is 0 Å². The Hall–Kier alpha value is -3.41. The summed E-state index contributed by atoms with van der Waals surface area (Å²) in [5.74, 6) is -0.301. The maximum absolute atomic E-state index is 14.8. The molecule has 2 amide bonds. The minimum absolute atomic E-state index is 0.00720. The molecule has 0 aliphatic heterocycles. The number of anilines is 1. The van der Waals surface area contributed by atoms with Crippen LogP contribution in [0.1, 0.15) is 0 Å². The Labute approximate surface area is 196 Å². The quantitative estimate of drug-likeness (QED) is 0.366. The summed E-state index contributed by atoms with van der Waals surface area (Å²) in [5, 5.41) is 2.58. The number of thiophene rings is 1. The third-order valence-corrected chi connectivity index (χ3v) is 7.70. The van der Waals surface area contributed by atoms with Crippen LogP contribution in [0.15, 0.2) is 63.7 Å². The van der Waals surface area contributed by atoms with Gasteiger partial charge in [-0.15, -0.1) is 11.3 Å². The molecular formula is C21H15ClFN3O5S2. The Morgan fingerprint density at radius 1 is 1.12 bits per heavy atom. The van der Waals surface area contributed by atoms with Crippen molar-refractivity contribution in [1.82, 2.24) is 9.71 Å². The van der Waals surface area contributed by atoms with Gasteiger partial charge >= 0.3 is 6.03 Å². The van der Waals surface area contributed by atoms with Crippen molar-refractivity contribution in [2.75, 3.05) is 12.4 Å². The predicted molar refractivity (Wildman–Crippen MR) is 125 cm³/mol. The average Bonchev–Trinajstić information content (AvgIpc) is 3.21. The van der Waals surface area contributed by atoms with Crippen molar-refractivity contribution in [3.63, 3.8) is 0 Å². The first-order valence-electron chi connectivity index (χ1n) is 9.26. The lowest BCUT2D eigenvalue weighted by molar-refractivity contribution is 0.256. The van der Waals surface area contributed by atoms with E-state index < -0.39 is 27.3 Å². The number of carbonyl (C=O) groups is 1. The summed E-state index contributed by atoms with van der Waals surface area (Å²) in [5.41, 5.74) is 0.245. The van der Waals surface area contributed by atoms with E-state index in [2.05, 4.69) is 10.3 Å². The number of urea groups is 1. The number of hydrogen-bond donors (Lipinski definition) is 3. The van der Waals surface area contributed by atoms with Crippen LogP contribution in [0.3, 0.4) is 0 Å². The Bertz CT molecular complexity index is 1550. The molecule has 0 spiro atoms. The number of halogens is 2. The molecule has 8 nitrogen and oxygen atoms in total. The minimum Gasteiger partial charge on any atom is -0.497 e. The van der Waals surface area contributed by atoms with E-state index in [1.165, 1.54) is 37.6 Å². The number of rotatable bonds is 5. The Balaban J connectivity index is 1.58. The van der Waals surface area contributed by atoms with Crippen molar-refractivity contribution in [3.8, 4) is 16.9 Å². The van der Waals surface area contributed by atoms with Crippen LogP contribution in [0, 0.1) is 5.82 Å². The number of pyridine rings is 1. The summed E-state index contributed by atoms with van der Waals surface area (Å²) >= 11 is 6.51. The van der Waals surface area contributed by atoms with Crippen molar-refractivity contribution in [2.24, 2.45) is 0 Å². The largest absolute Gasteiger partial charge is 0.497 e. The first kappa shape index (κ1) is 22.8. The minimum atomic E-state index is -4.13. The van der Waals surface area contributed by atoms with Crippen LogP contribution in [0.25, 0.3) is 22.0 Å². The molecule has 4 rings (SSSR count). The van der Waals surface area contributed by atoms with Gasteiger partial charge in [-0.2, -0.15) is 0 Å². The number of aromatic amines is 1.